The molecule has 0 N–H and O–H groups in total. The van der Waals surface area contributed by atoms with E-state index in [1.54, 1.807) is 13.2 Å². The Hall–Kier alpha value is -1.83. The number of ether oxygens (including phenoxy) is 1. The van der Waals surface area contributed by atoms with Crippen molar-refractivity contribution in [1.82, 2.24) is 0 Å². The van der Waals surface area contributed by atoms with Gasteiger partial charge in [-0.15, -0.1) is 0 Å². The highest BCUT2D eigenvalue weighted by atomic mass is 16.5. The minimum absolute atomic E-state index is 0.230. The van der Waals surface area contributed by atoms with Gasteiger partial charge in [-0.05, 0) is 42.7 Å². The average molecular weight is 284 g/mol. The van der Waals surface area contributed by atoms with Crippen molar-refractivity contribution in [2.75, 3.05) is 7.11 Å². The molecule has 0 amide bonds. The van der Waals surface area contributed by atoms with Crippen LogP contribution < -0.4 is 0 Å². The second-order valence-electron chi connectivity index (χ2n) is 5.66. The van der Waals surface area contributed by atoms with Crippen LogP contribution in [0.3, 0.4) is 0 Å². The number of hydrogen-bond donors (Lipinski definition) is 0. The van der Waals surface area contributed by atoms with Gasteiger partial charge < -0.3 is 4.74 Å². The van der Waals surface area contributed by atoms with Crippen molar-refractivity contribution in [3.8, 4) is 0 Å². The fourth-order valence-corrected chi connectivity index (χ4v) is 3.00. The molecule has 1 aliphatic carbocycles. The average Bonchev–Trinajstić information content (AvgIpc) is 2.54. The summed E-state index contributed by atoms with van der Waals surface area (Å²) in [4.78, 5) is 12.3. The van der Waals surface area contributed by atoms with Gasteiger partial charge in [0.2, 0.25) is 0 Å². The van der Waals surface area contributed by atoms with E-state index < -0.39 is 0 Å². The first-order chi connectivity index (χ1) is 10.2. The number of rotatable bonds is 6. The molecule has 1 aromatic carbocycles. The summed E-state index contributed by atoms with van der Waals surface area (Å²) >= 11 is 0. The zero-order chi connectivity index (χ0) is 15.1. The van der Waals surface area contributed by atoms with Crippen LogP contribution in [0.4, 0.5) is 0 Å². The molecule has 0 saturated heterocycles. The van der Waals surface area contributed by atoms with Crippen molar-refractivity contribution < 1.29 is 9.53 Å². The number of benzene rings is 1. The normalized spacial score (nSPS) is 20.2. The van der Waals surface area contributed by atoms with Crippen LogP contribution in [-0.2, 0) is 4.74 Å². The van der Waals surface area contributed by atoms with Gasteiger partial charge in [0.25, 0.3) is 0 Å². The van der Waals surface area contributed by atoms with Gasteiger partial charge in [0.15, 0.2) is 5.78 Å². The molecular formula is C19H24O2. The van der Waals surface area contributed by atoms with Crippen LogP contribution in [0.2, 0.25) is 0 Å². The van der Waals surface area contributed by atoms with Crippen molar-refractivity contribution in [3.05, 3.63) is 53.8 Å². The summed E-state index contributed by atoms with van der Waals surface area (Å²) in [7, 11) is 1.70. The van der Waals surface area contributed by atoms with E-state index in [1.807, 2.05) is 30.5 Å². The number of ketones is 1. The highest BCUT2D eigenvalue weighted by Crippen LogP contribution is 2.33. The van der Waals surface area contributed by atoms with E-state index in [0.29, 0.717) is 12.3 Å². The Labute approximate surface area is 127 Å². The highest BCUT2D eigenvalue weighted by molar-refractivity contribution is 5.96. The maximum absolute atomic E-state index is 12.3. The molecule has 0 radical (unpaired) electrons. The van der Waals surface area contributed by atoms with Crippen molar-refractivity contribution in [2.24, 2.45) is 5.92 Å². The fraction of sp³-hybridized carbons (Fsp3) is 0.421. The first kappa shape index (κ1) is 15.6. The lowest BCUT2D eigenvalue weighted by atomic mass is 9.81. The predicted molar refractivity (Wildman–Crippen MR) is 87.1 cm³/mol. The number of allylic oxidation sites excluding steroid dienone is 1. The Kier molecular flexibility index (Phi) is 5.79. The number of hydrogen-bond acceptors (Lipinski definition) is 2. The lowest BCUT2D eigenvalue weighted by molar-refractivity contribution is 0.0973. The molecule has 1 saturated carbocycles. The molecule has 2 heteroatoms. The summed E-state index contributed by atoms with van der Waals surface area (Å²) in [5.74, 6) is 0.739. The van der Waals surface area contributed by atoms with E-state index in [1.165, 1.54) is 24.8 Å². The largest absolute Gasteiger partial charge is 0.504 e. The molecule has 2 rings (SSSR count). The van der Waals surface area contributed by atoms with E-state index in [-0.39, 0.29) is 5.78 Å². The third-order valence-corrected chi connectivity index (χ3v) is 4.25. The van der Waals surface area contributed by atoms with Gasteiger partial charge in [-0.3, -0.25) is 4.79 Å². The molecule has 1 unspecified atom stereocenters. The summed E-state index contributed by atoms with van der Waals surface area (Å²) in [6, 6.07) is 7.67. The Bertz CT molecular complexity index is 511. The van der Waals surface area contributed by atoms with E-state index in [0.717, 1.165) is 24.0 Å². The first-order valence-electron chi connectivity index (χ1n) is 7.72. The summed E-state index contributed by atoms with van der Waals surface area (Å²) in [5, 5.41) is 0. The quantitative estimate of drug-likeness (QED) is 0.542. The lowest BCUT2D eigenvalue weighted by Crippen LogP contribution is -2.12. The monoisotopic (exact) mass is 284 g/mol. The standard InChI is InChI=1S/C19H24O2/c1-3-15-8-10-17(11-9-15)19(20)13-12-16-6-4-5-7-18(16)14-21-2/h3,8-11,14,16H,1,4-7,12-13H2,2H3/b18-14+. The van der Waals surface area contributed by atoms with Crippen LogP contribution >= 0.6 is 0 Å². The summed E-state index contributed by atoms with van der Waals surface area (Å²) in [6.07, 6.45) is 10.00. The van der Waals surface area contributed by atoms with E-state index >= 15 is 0 Å². The van der Waals surface area contributed by atoms with Gasteiger partial charge in [0.05, 0.1) is 13.4 Å². The van der Waals surface area contributed by atoms with E-state index in [4.69, 9.17) is 4.74 Å². The van der Waals surface area contributed by atoms with Gasteiger partial charge in [0, 0.05) is 12.0 Å². The molecule has 0 aliphatic heterocycles. The SMILES string of the molecule is C=Cc1ccc(C(=O)CCC2CCCC/C2=C\OC)cc1. The Morgan fingerprint density at radius 3 is 2.76 bits per heavy atom. The molecule has 0 aromatic heterocycles. The van der Waals surface area contributed by atoms with Crippen LogP contribution in [-0.4, -0.2) is 12.9 Å². The maximum atomic E-state index is 12.3. The summed E-state index contributed by atoms with van der Waals surface area (Å²) < 4.78 is 5.17. The molecule has 0 heterocycles. The number of Topliss-reactive ketones (excluding diaryl/α,β-unsaturated/α-hetero) is 1. The molecule has 0 spiro atoms. The minimum Gasteiger partial charge on any atom is -0.504 e. The first-order valence-corrected chi connectivity index (χ1v) is 7.72. The Morgan fingerprint density at radius 2 is 2.10 bits per heavy atom. The number of methoxy groups -OCH3 is 1. The topological polar surface area (TPSA) is 26.3 Å². The Morgan fingerprint density at radius 1 is 1.33 bits per heavy atom. The smallest absolute Gasteiger partial charge is 0.162 e. The molecule has 2 nitrogen and oxygen atoms in total. The zero-order valence-electron chi connectivity index (χ0n) is 12.8. The second kappa shape index (κ2) is 7.82. The van der Waals surface area contributed by atoms with Gasteiger partial charge in [-0.25, -0.2) is 0 Å². The third kappa shape index (κ3) is 4.32. The van der Waals surface area contributed by atoms with E-state index in [9.17, 15) is 4.79 Å². The van der Waals surface area contributed by atoms with Crippen LogP contribution in [0.5, 0.6) is 0 Å². The molecule has 1 atom stereocenters. The van der Waals surface area contributed by atoms with Gasteiger partial charge >= 0.3 is 0 Å². The lowest BCUT2D eigenvalue weighted by Gasteiger charge is -2.24. The molecular weight excluding hydrogens is 260 g/mol. The number of carbonyl (C=O) groups excluding carboxylic acids is 1. The van der Waals surface area contributed by atoms with Crippen LogP contribution in [0.25, 0.3) is 6.08 Å². The predicted octanol–water partition coefficient (Wildman–Crippen LogP) is 5.01. The molecule has 1 aromatic rings. The van der Waals surface area contributed by atoms with Gasteiger partial charge in [-0.2, -0.15) is 0 Å². The van der Waals surface area contributed by atoms with Crippen molar-refractivity contribution >= 4 is 11.9 Å². The minimum atomic E-state index is 0.230. The van der Waals surface area contributed by atoms with Crippen molar-refractivity contribution in [1.29, 1.82) is 0 Å². The van der Waals surface area contributed by atoms with Crippen molar-refractivity contribution in [2.45, 2.75) is 38.5 Å². The zero-order valence-corrected chi connectivity index (χ0v) is 12.8. The van der Waals surface area contributed by atoms with Gasteiger partial charge in [0.1, 0.15) is 0 Å². The second-order valence-corrected chi connectivity index (χ2v) is 5.66. The molecule has 1 aliphatic rings. The fourth-order valence-electron chi connectivity index (χ4n) is 3.00. The molecule has 21 heavy (non-hydrogen) atoms. The van der Waals surface area contributed by atoms with Gasteiger partial charge in [-0.1, -0.05) is 43.3 Å². The van der Waals surface area contributed by atoms with Crippen molar-refractivity contribution in [3.63, 3.8) is 0 Å². The highest BCUT2D eigenvalue weighted by Gasteiger charge is 2.20. The number of carbonyl (C=O) groups is 1. The third-order valence-electron chi connectivity index (χ3n) is 4.25. The summed E-state index contributed by atoms with van der Waals surface area (Å²) in [6.45, 7) is 3.73. The van der Waals surface area contributed by atoms with Crippen LogP contribution in [0.15, 0.2) is 42.7 Å². The summed E-state index contributed by atoms with van der Waals surface area (Å²) in [5.41, 5.74) is 3.22. The van der Waals surface area contributed by atoms with Crippen LogP contribution in [0.1, 0.15) is 54.4 Å². The van der Waals surface area contributed by atoms with E-state index in [2.05, 4.69) is 6.58 Å². The Balaban J connectivity index is 1.92. The molecule has 112 valence electrons. The molecule has 0 bridgehead atoms. The van der Waals surface area contributed by atoms with Crippen LogP contribution in [0, 0.1) is 5.92 Å². The molecule has 1 fully saturated rings. The maximum Gasteiger partial charge on any atom is 0.162 e.